The van der Waals surface area contributed by atoms with Crippen LogP contribution >= 0.6 is 0 Å². The minimum Gasteiger partial charge on any atom is -0.309 e. The summed E-state index contributed by atoms with van der Waals surface area (Å²) in [6.07, 6.45) is 0. The number of hydrogen-bond donors (Lipinski definition) is 0. The lowest BCUT2D eigenvalue weighted by atomic mass is 10.0. The van der Waals surface area contributed by atoms with Crippen molar-refractivity contribution in [2.24, 2.45) is 0 Å². The molecule has 0 unspecified atom stereocenters. The number of rotatable bonds is 2. The van der Waals surface area contributed by atoms with E-state index in [9.17, 15) is 0 Å². The molecule has 1 aliphatic carbocycles. The van der Waals surface area contributed by atoms with E-state index in [2.05, 4.69) is 183 Å². The smallest absolute Gasteiger partial charge is 0.147 e. The van der Waals surface area contributed by atoms with E-state index in [4.69, 9.17) is 4.98 Å². The normalized spacial score (nSPS) is 12.5. The lowest BCUT2D eigenvalue weighted by Crippen LogP contribution is -1.98. The van der Waals surface area contributed by atoms with Gasteiger partial charge in [-0.05, 0) is 93.7 Å². The molecule has 4 heteroatoms. The van der Waals surface area contributed by atoms with Gasteiger partial charge >= 0.3 is 0 Å². The highest BCUT2D eigenvalue weighted by Gasteiger charge is 2.26. The Balaban J connectivity index is 1.26. The van der Waals surface area contributed by atoms with Crippen molar-refractivity contribution < 1.29 is 0 Å². The topological polar surface area (TPSA) is 27.2 Å². The molecule has 244 valence electrons. The highest BCUT2D eigenvalue weighted by Crippen LogP contribution is 2.49. The third-order valence-electron chi connectivity index (χ3n) is 11.7. The highest BCUT2D eigenvalue weighted by atomic mass is 15.1. The first kappa shape index (κ1) is 27.5. The molecule has 1 aliphatic rings. The van der Waals surface area contributed by atoms with Crippen molar-refractivity contribution >= 4 is 82.0 Å². The van der Waals surface area contributed by atoms with E-state index in [-0.39, 0.29) is 0 Å². The summed E-state index contributed by atoms with van der Waals surface area (Å²) in [5, 5.41) is 8.59. The number of para-hydroxylation sites is 5. The van der Waals surface area contributed by atoms with Gasteiger partial charge in [0.05, 0.1) is 38.6 Å². The minimum absolute atomic E-state index is 0.980. The Kier molecular flexibility index (Phi) is 5.08. The molecule has 0 bridgehead atoms. The van der Waals surface area contributed by atoms with Gasteiger partial charge in [-0.2, -0.15) is 0 Å². The lowest BCUT2D eigenvalue weighted by Gasteiger charge is -2.14. The largest absolute Gasteiger partial charge is 0.309 e. The van der Waals surface area contributed by atoms with Crippen LogP contribution in [0.1, 0.15) is 0 Å². The molecule has 0 fully saturated rings. The number of aromatic nitrogens is 4. The van der Waals surface area contributed by atoms with Crippen molar-refractivity contribution in [2.45, 2.75) is 0 Å². The van der Waals surface area contributed by atoms with E-state index in [1.807, 2.05) is 0 Å². The summed E-state index contributed by atoms with van der Waals surface area (Å²) in [6.45, 7) is 0. The first-order valence-electron chi connectivity index (χ1n) is 18.2. The first-order chi connectivity index (χ1) is 26.3. The monoisotopic (exact) mass is 672 g/mol. The number of fused-ring (bicyclic) bond motifs is 17. The van der Waals surface area contributed by atoms with Crippen LogP contribution in [0.2, 0.25) is 0 Å². The van der Waals surface area contributed by atoms with Gasteiger partial charge in [-0.15, -0.1) is 0 Å². The quantitative estimate of drug-likeness (QED) is 0.180. The summed E-state index contributed by atoms with van der Waals surface area (Å²) in [5.74, 6) is 0. The Morgan fingerprint density at radius 2 is 1.04 bits per heavy atom. The van der Waals surface area contributed by atoms with Crippen LogP contribution in [0.4, 0.5) is 0 Å². The molecule has 0 saturated heterocycles. The van der Waals surface area contributed by atoms with E-state index in [1.165, 1.54) is 87.5 Å². The standard InChI is InChI=1S/C49H28N4/c1-2-14-30(15-3-1)52-41-23-10-7-19-36(41)47-48(52)37-25-26-43-45(46(37)49-50-39-21-8-11-24-42(39)53(47)49)35-18-6-9-22-40(35)51(43)31-27-29-13-12-20-34-32-16-4-5-17-33(32)38(28-31)44(29)34/h1-28H. The molecule has 4 nitrogen and oxygen atoms in total. The molecule has 0 saturated carbocycles. The van der Waals surface area contributed by atoms with Crippen molar-refractivity contribution in [1.29, 1.82) is 0 Å². The van der Waals surface area contributed by atoms with Gasteiger partial charge in [0.25, 0.3) is 0 Å². The number of nitrogens with zero attached hydrogens (tertiary/aromatic N) is 4. The zero-order valence-corrected chi connectivity index (χ0v) is 28.5. The fourth-order valence-corrected chi connectivity index (χ4v) is 9.66. The molecule has 8 aromatic carbocycles. The molecular formula is C49H28N4. The molecule has 13 rings (SSSR count). The summed E-state index contributed by atoms with van der Waals surface area (Å²) in [7, 11) is 0. The zero-order valence-electron chi connectivity index (χ0n) is 28.5. The SMILES string of the molecule is c1ccc(-n2c3ccccc3c3c2c2ccc4c(c5ccccc5n4-c4cc5c6c(cccc6c4)-c4ccccc4-5)c2c2nc4ccccc4n23)cc1. The molecule has 0 atom stereocenters. The second kappa shape index (κ2) is 9.78. The summed E-state index contributed by atoms with van der Waals surface area (Å²) < 4.78 is 7.35. The number of hydrogen-bond acceptors (Lipinski definition) is 1. The Morgan fingerprint density at radius 3 is 1.89 bits per heavy atom. The third kappa shape index (κ3) is 3.39. The zero-order chi connectivity index (χ0) is 34.4. The molecule has 4 heterocycles. The lowest BCUT2D eigenvalue weighted by molar-refractivity contribution is 1.18. The number of pyridine rings is 1. The molecule has 53 heavy (non-hydrogen) atoms. The predicted octanol–water partition coefficient (Wildman–Crippen LogP) is 12.6. The highest BCUT2D eigenvalue weighted by molar-refractivity contribution is 6.32. The second-order valence-electron chi connectivity index (χ2n) is 14.3. The molecule has 12 aromatic rings. The van der Waals surface area contributed by atoms with Crippen LogP contribution < -0.4 is 0 Å². The van der Waals surface area contributed by atoms with E-state index >= 15 is 0 Å². The fraction of sp³-hybridized carbons (Fsp3) is 0. The third-order valence-corrected chi connectivity index (χ3v) is 11.7. The van der Waals surface area contributed by atoms with Gasteiger partial charge in [-0.25, -0.2) is 4.98 Å². The average molecular weight is 673 g/mol. The van der Waals surface area contributed by atoms with Crippen molar-refractivity contribution in [3.8, 4) is 33.6 Å². The van der Waals surface area contributed by atoms with Gasteiger partial charge in [-0.3, -0.25) is 4.40 Å². The maximum absolute atomic E-state index is 5.47. The van der Waals surface area contributed by atoms with Crippen LogP contribution in [0.25, 0.3) is 116 Å². The van der Waals surface area contributed by atoms with Crippen LogP contribution in [0, 0.1) is 0 Å². The van der Waals surface area contributed by atoms with Crippen LogP contribution in [-0.2, 0) is 0 Å². The van der Waals surface area contributed by atoms with Gasteiger partial charge in [0, 0.05) is 38.3 Å². The van der Waals surface area contributed by atoms with Gasteiger partial charge in [0.15, 0.2) is 0 Å². The Hall–Kier alpha value is -7.17. The van der Waals surface area contributed by atoms with Crippen molar-refractivity contribution in [3.05, 3.63) is 170 Å². The molecule has 0 spiro atoms. The summed E-state index contributed by atoms with van der Waals surface area (Å²) in [4.78, 5) is 5.47. The second-order valence-corrected chi connectivity index (χ2v) is 14.3. The molecule has 4 aromatic heterocycles. The van der Waals surface area contributed by atoms with Gasteiger partial charge in [-0.1, -0.05) is 109 Å². The maximum Gasteiger partial charge on any atom is 0.147 e. The van der Waals surface area contributed by atoms with Crippen molar-refractivity contribution in [1.82, 2.24) is 18.5 Å². The summed E-state index contributed by atoms with van der Waals surface area (Å²) in [6, 6.07) is 62.1. The molecule has 0 amide bonds. The Labute approximate surface area is 303 Å². The molecule has 0 N–H and O–H groups in total. The van der Waals surface area contributed by atoms with Crippen LogP contribution in [0.15, 0.2) is 170 Å². The molecular weight excluding hydrogens is 645 g/mol. The van der Waals surface area contributed by atoms with Crippen molar-refractivity contribution in [3.63, 3.8) is 0 Å². The van der Waals surface area contributed by atoms with Gasteiger partial charge in [0.2, 0.25) is 0 Å². The Morgan fingerprint density at radius 1 is 0.358 bits per heavy atom. The van der Waals surface area contributed by atoms with E-state index < -0.39 is 0 Å². The number of imidazole rings is 1. The first-order valence-corrected chi connectivity index (χ1v) is 18.2. The molecule has 0 radical (unpaired) electrons. The average Bonchev–Trinajstić information content (AvgIpc) is 3.96. The van der Waals surface area contributed by atoms with Gasteiger partial charge in [0.1, 0.15) is 5.65 Å². The van der Waals surface area contributed by atoms with E-state index in [1.54, 1.807) is 0 Å². The number of benzene rings is 8. The summed E-state index contributed by atoms with van der Waals surface area (Å²) >= 11 is 0. The maximum atomic E-state index is 5.47. The summed E-state index contributed by atoms with van der Waals surface area (Å²) in [5.41, 5.74) is 16.5. The van der Waals surface area contributed by atoms with Crippen LogP contribution in [0.5, 0.6) is 0 Å². The van der Waals surface area contributed by atoms with Crippen LogP contribution in [0.3, 0.4) is 0 Å². The predicted molar refractivity (Wildman–Crippen MR) is 221 cm³/mol. The molecule has 0 aliphatic heterocycles. The van der Waals surface area contributed by atoms with E-state index in [0.717, 1.165) is 28.1 Å². The van der Waals surface area contributed by atoms with Gasteiger partial charge < -0.3 is 9.13 Å². The van der Waals surface area contributed by atoms with Crippen molar-refractivity contribution in [2.75, 3.05) is 0 Å². The Bertz CT molecular complexity index is 3560. The van der Waals surface area contributed by atoms with Crippen LogP contribution in [-0.4, -0.2) is 18.5 Å². The fourth-order valence-electron chi connectivity index (χ4n) is 9.66. The van der Waals surface area contributed by atoms with E-state index in [0.29, 0.717) is 0 Å². The minimum atomic E-state index is 0.980.